The highest BCUT2D eigenvalue weighted by Gasteiger charge is 2.14. The fraction of sp³-hybridized carbons (Fsp3) is 0.143. The molecule has 0 saturated carbocycles. The van der Waals surface area contributed by atoms with Gasteiger partial charge in [-0.1, -0.05) is 54.6 Å². The topological polar surface area (TPSA) is 33.2 Å². The summed E-state index contributed by atoms with van der Waals surface area (Å²) in [5, 5.41) is 3.28. The van der Waals surface area contributed by atoms with Gasteiger partial charge in [-0.3, -0.25) is 4.79 Å². The van der Waals surface area contributed by atoms with Gasteiger partial charge in [0.2, 0.25) is 5.91 Å². The molecule has 0 atom stereocenters. The van der Waals surface area contributed by atoms with E-state index in [2.05, 4.69) is 29.2 Å². The van der Waals surface area contributed by atoms with Gasteiger partial charge in [-0.25, -0.2) is 4.98 Å². The molecule has 0 spiro atoms. The van der Waals surface area contributed by atoms with Gasteiger partial charge >= 0.3 is 0 Å². The van der Waals surface area contributed by atoms with Crippen molar-refractivity contribution in [3.05, 3.63) is 77.3 Å². The second-order valence-corrected chi connectivity index (χ2v) is 7.26. The molecule has 0 aliphatic heterocycles. The number of carbonyl (C=O) groups is 1. The summed E-state index contributed by atoms with van der Waals surface area (Å²) in [6.45, 7) is 0.545. The monoisotopic (exact) mass is 346 g/mol. The minimum absolute atomic E-state index is 0.107. The minimum atomic E-state index is 0.107. The molecule has 0 saturated heterocycles. The molecular weight excluding hydrogens is 328 g/mol. The summed E-state index contributed by atoms with van der Waals surface area (Å²) in [5.74, 6) is 0.107. The van der Waals surface area contributed by atoms with Crippen molar-refractivity contribution in [1.29, 1.82) is 0 Å². The van der Waals surface area contributed by atoms with Crippen LogP contribution in [-0.2, 0) is 17.8 Å². The standard InChI is InChI=1S/C21H18N2OS/c1-23(14-20-22-18-11-4-5-12-19(18)25-20)21(24)13-16-9-6-8-15-7-2-3-10-17(15)16/h2-12H,13-14H2,1H3. The Morgan fingerprint density at radius 3 is 2.64 bits per heavy atom. The first kappa shape index (κ1) is 15.8. The zero-order valence-electron chi connectivity index (χ0n) is 14.0. The van der Waals surface area contributed by atoms with Crippen LogP contribution in [0.5, 0.6) is 0 Å². The van der Waals surface area contributed by atoms with Gasteiger partial charge in [0.05, 0.1) is 23.2 Å². The third-order valence-electron chi connectivity index (χ3n) is 4.36. The van der Waals surface area contributed by atoms with E-state index in [0.29, 0.717) is 13.0 Å². The number of carbonyl (C=O) groups excluding carboxylic acids is 1. The van der Waals surface area contributed by atoms with Crippen LogP contribution in [0.3, 0.4) is 0 Å². The van der Waals surface area contributed by atoms with E-state index in [0.717, 1.165) is 26.2 Å². The van der Waals surface area contributed by atoms with E-state index in [1.54, 1.807) is 16.2 Å². The minimum Gasteiger partial charge on any atom is -0.339 e. The van der Waals surface area contributed by atoms with E-state index >= 15 is 0 Å². The Labute approximate surface area is 150 Å². The molecule has 4 aromatic rings. The molecule has 0 aliphatic carbocycles. The van der Waals surface area contributed by atoms with Crippen molar-refractivity contribution in [2.75, 3.05) is 7.05 Å². The van der Waals surface area contributed by atoms with E-state index < -0.39 is 0 Å². The van der Waals surface area contributed by atoms with E-state index in [4.69, 9.17) is 0 Å². The number of hydrogen-bond donors (Lipinski definition) is 0. The molecule has 124 valence electrons. The summed E-state index contributed by atoms with van der Waals surface area (Å²) in [6, 6.07) is 22.4. The average molecular weight is 346 g/mol. The molecule has 4 rings (SSSR count). The Kier molecular flexibility index (Phi) is 4.20. The lowest BCUT2D eigenvalue weighted by molar-refractivity contribution is -0.129. The summed E-state index contributed by atoms with van der Waals surface area (Å²) in [4.78, 5) is 19.1. The second kappa shape index (κ2) is 6.65. The van der Waals surface area contributed by atoms with Crippen molar-refractivity contribution < 1.29 is 4.79 Å². The third kappa shape index (κ3) is 3.26. The zero-order chi connectivity index (χ0) is 17.2. The highest BCUT2D eigenvalue weighted by Crippen LogP contribution is 2.23. The molecule has 0 N–H and O–H groups in total. The predicted octanol–water partition coefficient (Wildman–Crippen LogP) is 4.65. The van der Waals surface area contributed by atoms with Crippen molar-refractivity contribution in [3.8, 4) is 0 Å². The molecule has 3 nitrogen and oxygen atoms in total. The smallest absolute Gasteiger partial charge is 0.227 e. The Hall–Kier alpha value is -2.72. The lowest BCUT2D eigenvalue weighted by atomic mass is 10.0. The molecule has 4 heteroatoms. The molecule has 3 aromatic carbocycles. The summed E-state index contributed by atoms with van der Waals surface area (Å²) in [6.07, 6.45) is 0.406. The van der Waals surface area contributed by atoms with Crippen LogP contribution in [0, 0.1) is 0 Å². The number of fused-ring (bicyclic) bond motifs is 2. The normalized spacial score (nSPS) is 11.1. The molecule has 1 aromatic heterocycles. The number of hydrogen-bond acceptors (Lipinski definition) is 3. The lowest BCUT2D eigenvalue weighted by Crippen LogP contribution is -2.27. The first-order valence-corrected chi connectivity index (χ1v) is 9.07. The summed E-state index contributed by atoms with van der Waals surface area (Å²) >= 11 is 1.65. The Morgan fingerprint density at radius 1 is 1.00 bits per heavy atom. The summed E-state index contributed by atoms with van der Waals surface area (Å²) in [5.41, 5.74) is 2.07. The number of benzene rings is 3. The van der Waals surface area contributed by atoms with Gasteiger partial charge in [0.1, 0.15) is 5.01 Å². The van der Waals surface area contributed by atoms with Crippen LogP contribution in [0.4, 0.5) is 0 Å². The Balaban J connectivity index is 1.52. The largest absolute Gasteiger partial charge is 0.339 e. The number of rotatable bonds is 4. The number of para-hydroxylation sites is 1. The van der Waals surface area contributed by atoms with Gasteiger partial charge in [0.25, 0.3) is 0 Å². The van der Waals surface area contributed by atoms with Gasteiger partial charge in [0, 0.05) is 7.05 Å². The second-order valence-electron chi connectivity index (χ2n) is 6.14. The van der Waals surface area contributed by atoms with Gasteiger partial charge in [0.15, 0.2) is 0 Å². The number of likely N-dealkylation sites (N-methyl/N-ethyl adjacent to an activating group) is 1. The number of amides is 1. The first-order chi connectivity index (χ1) is 12.2. The van der Waals surface area contributed by atoms with E-state index in [-0.39, 0.29) is 5.91 Å². The van der Waals surface area contributed by atoms with Gasteiger partial charge in [-0.05, 0) is 28.5 Å². The van der Waals surface area contributed by atoms with Crippen LogP contribution in [0.15, 0.2) is 66.7 Å². The summed E-state index contributed by atoms with van der Waals surface area (Å²) in [7, 11) is 1.85. The van der Waals surface area contributed by atoms with Crippen molar-refractivity contribution in [2.45, 2.75) is 13.0 Å². The van der Waals surface area contributed by atoms with Gasteiger partial charge in [-0.2, -0.15) is 0 Å². The molecule has 0 unspecified atom stereocenters. The van der Waals surface area contributed by atoms with Crippen LogP contribution in [0.1, 0.15) is 10.6 Å². The van der Waals surface area contributed by atoms with Crippen LogP contribution in [0.2, 0.25) is 0 Å². The maximum Gasteiger partial charge on any atom is 0.227 e. The predicted molar refractivity (Wildman–Crippen MR) is 104 cm³/mol. The Bertz CT molecular complexity index is 1020. The van der Waals surface area contributed by atoms with E-state index in [1.165, 1.54) is 5.39 Å². The van der Waals surface area contributed by atoms with Crippen LogP contribution in [-0.4, -0.2) is 22.8 Å². The molecule has 25 heavy (non-hydrogen) atoms. The van der Waals surface area contributed by atoms with Crippen LogP contribution in [0.25, 0.3) is 21.0 Å². The number of nitrogens with zero attached hydrogens (tertiary/aromatic N) is 2. The lowest BCUT2D eigenvalue weighted by Gasteiger charge is -2.16. The van der Waals surface area contributed by atoms with Crippen molar-refractivity contribution in [2.24, 2.45) is 0 Å². The fourth-order valence-electron chi connectivity index (χ4n) is 3.02. The third-order valence-corrected chi connectivity index (χ3v) is 5.38. The maximum atomic E-state index is 12.7. The average Bonchev–Trinajstić information content (AvgIpc) is 3.04. The number of aromatic nitrogens is 1. The van der Waals surface area contributed by atoms with Gasteiger partial charge < -0.3 is 4.90 Å². The van der Waals surface area contributed by atoms with Crippen LogP contribution < -0.4 is 0 Å². The SMILES string of the molecule is CN(Cc1nc2ccccc2s1)C(=O)Cc1cccc2ccccc12. The van der Waals surface area contributed by atoms with Crippen molar-refractivity contribution >= 4 is 38.2 Å². The molecule has 0 fully saturated rings. The number of thiazole rings is 1. The maximum absolute atomic E-state index is 12.7. The first-order valence-electron chi connectivity index (χ1n) is 8.26. The highest BCUT2D eigenvalue weighted by molar-refractivity contribution is 7.18. The quantitative estimate of drug-likeness (QED) is 0.539. The molecule has 0 aliphatic rings. The van der Waals surface area contributed by atoms with E-state index in [9.17, 15) is 4.79 Å². The van der Waals surface area contributed by atoms with Gasteiger partial charge in [-0.15, -0.1) is 11.3 Å². The van der Waals surface area contributed by atoms with Crippen molar-refractivity contribution in [1.82, 2.24) is 9.88 Å². The molecular formula is C21H18N2OS. The molecule has 1 amide bonds. The van der Waals surface area contributed by atoms with Crippen LogP contribution >= 0.6 is 11.3 Å². The molecule has 0 bridgehead atoms. The van der Waals surface area contributed by atoms with E-state index in [1.807, 2.05) is 49.5 Å². The zero-order valence-corrected chi connectivity index (χ0v) is 14.8. The van der Waals surface area contributed by atoms with Crippen molar-refractivity contribution in [3.63, 3.8) is 0 Å². The summed E-state index contributed by atoms with van der Waals surface area (Å²) < 4.78 is 1.16. The molecule has 1 heterocycles. The fourth-order valence-corrected chi connectivity index (χ4v) is 4.04. The molecule has 0 radical (unpaired) electrons. The highest BCUT2D eigenvalue weighted by atomic mass is 32.1. The Morgan fingerprint density at radius 2 is 1.76 bits per heavy atom.